The first-order valence-electron chi connectivity index (χ1n) is 12.3. The van der Waals surface area contributed by atoms with Gasteiger partial charge in [0.15, 0.2) is 11.6 Å². The number of aromatic nitrogens is 4. The molecule has 11 heteroatoms. The minimum atomic E-state index is -1.32. The molecular weight excluding hydrogens is 569 g/mol. The van der Waals surface area contributed by atoms with Gasteiger partial charge in [0.05, 0.1) is 24.5 Å². The zero-order valence-electron chi connectivity index (χ0n) is 21.3. The Morgan fingerprint density at radius 1 is 1.18 bits per heavy atom. The molecule has 0 unspecified atom stereocenters. The molecule has 2 atom stereocenters. The number of likely N-dealkylation sites (tertiary alicyclic amines) is 1. The second kappa shape index (κ2) is 10.6. The molecule has 0 aliphatic carbocycles. The lowest BCUT2D eigenvalue weighted by Gasteiger charge is -2.24. The molecule has 4 aromatic rings. The first kappa shape index (κ1) is 26.6. The van der Waals surface area contributed by atoms with Crippen molar-refractivity contribution in [2.45, 2.75) is 45.4 Å². The lowest BCUT2D eigenvalue weighted by molar-refractivity contribution is -0.137. The number of carbonyl (C=O) groups is 3. The van der Waals surface area contributed by atoms with Crippen LogP contribution in [-0.4, -0.2) is 65.8 Å². The van der Waals surface area contributed by atoms with Crippen LogP contribution in [0.3, 0.4) is 0 Å². The van der Waals surface area contributed by atoms with Gasteiger partial charge in [-0.25, -0.2) is 19.3 Å². The van der Waals surface area contributed by atoms with Gasteiger partial charge in [-0.05, 0) is 48.0 Å². The number of hydrogen-bond acceptors (Lipinski definition) is 7. The summed E-state index contributed by atoms with van der Waals surface area (Å²) in [5, 5.41) is 11.3. The Kier molecular flexibility index (Phi) is 7.26. The van der Waals surface area contributed by atoms with E-state index in [2.05, 4.69) is 30.9 Å². The molecule has 0 spiro atoms. The number of hydrogen-bond donors (Lipinski definition) is 1. The van der Waals surface area contributed by atoms with Crippen molar-refractivity contribution in [3.63, 3.8) is 0 Å². The summed E-state index contributed by atoms with van der Waals surface area (Å²) in [5.74, 6) is -0.466. The van der Waals surface area contributed by atoms with Crippen molar-refractivity contribution < 1.29 is 23.9 Å². The highest BCUT2D eigenvalue weighted by molar-refractivity contribution is 9.10. The van der Waals surface area contributed by atoms with Crippen LogP contribution in [-0.2, 0) is 22.6 Å². The topological polar surface area (TPSA) is 118 Å². The number of phenols is 1. The number of rotatable bonds is 7. The van der Waals surface area contributed by atoms with Gasteiger partial charge in [0, 0.05) is 58.8 Å². The molecule has 1 aliphatic rings. The molecule has 1 fully saturated rings. The molecule has 1 aliphatic heterocycles. The van der Waals surface area contributed by atoms with E-state index >= 15 is 0 Å². The number of Topliss-reactive ketones (excluding diaryl/α,β-unsaturated/α-hetero) is 2. The number of carbonyl (C=O) groups excluding carboxylic acids is 3. The van der Waals surface area contributed by atoms with Gasteiger partial charge >= 0.3 is 0 Å². The number of nitrogens with zero attached hydrogens (tertiary/aromatic N) is 5. The number of amides is 1. The van der Waals surface area contributed by atoms with Crippen LogP contribution in [0, 0.1) is 6.92 Å². The lowest BCUT2D eigenvalue weighted by atomic mass is 10.0. The molecule has 0 saturated carbocycles. The third-order valence-corrected chi connectivity index (χ3v) is 7.29. The maximum atomic E-state index is 14.5. The Bertz CT molecular complexity index is 1600. The molecule has 0 bridgehead atoms. The van der Waals surface area contributed by atoms with Crippen molar-refractivity contribution in [3.05, 3.63) is 70.6 Å². The summed E-state index contributed by atoms with van der Waals surface area (Å²) in [6, 6.07) is 7.43. The van der Waals surface area contributed by atoms with Crippen LogP contribution in [0.5, 0.6) is 5.75 Å². The monoisotopic (exact) mass is 593 g/mol. The Morgan fingerprint density at radius 3 is 2.62 bits per heavy atom. The maximum Gasteiger partial charge on any atom is 0.243 e. The van der Waals surface area contributed by atoms with Crippen LogP contribution >= 0.6 is 15.9 Å². The molecule has 3 aromatic heterocycles. The second-order valence-corrected chi connectivity index (χ2v) is 10.4. The molecule has 1 saturated heterocycles. The Hall–Kier alpha value is -3.99. The smallest absolute Gasteiger partial charge is 0.243 e. The zero-order chi connectivity index (χ0) is 27.8. The summed E-state index contributed by atoms with van der Waals surface area (Å²) in [5.41, 5.74) is 2.37. The summed E-state index contributed by atoms with van der Waals surface area (Å²) < 4.78 is 16.6. The number of benzene rings is 1. The quantitative estimate of drug-likeness (QED) is 0.252. The second-order valence-electron chi connectivity index (χ2n) is 9.62. The van der Waals surface area contributed by atoms with Crippen LogP contribution < -0.4 is 0 Å². The average molecular weight is 594 g/mol. The summed E-state index contributed by atoms with van der Waals surface area (Å²) in [4.78, 5) is 52.8. The summed E-state index contributed by atoms with van der Waals surface area (Å²) >= 11 is 3.28. The van der Waals surface area contributed by atoms with E-state index in [-0.39, 0.29) is 43.2 Å². The normalized spacial score (nSPS) is 17.1. The number of pyridine rings is 1. The fourth-order valence-corrected chi connectivity index (χ4v) is 5.33. The van der Waals surface area contributed by atoms with E-state index in [1.54, 1.807) is 54.3 Å². The van der Waals surface area contributed by atoms with E-state index in [9.17, 15) is 23.9 Å². The van der Waals surface area contributed by atoms with Crippen LogP contribution in [0.15, 0.2) is 53.5 Å². The molecule has 4 heterocycles. The van der Waals surface area contributed by atoms with Crippen molar-refractivity contribution in [3.8, 4) is 16.9 Å². The lowest BCUT2D eigenvalue weighted by Crippen LogP contribution is -2.42. The predicted molar refractivity (Wildman–Crippen MR) is 145 cm³/mol. The number of alkyl halides is 1. The van der Waals surface area contributed by atoms with E-state index in [0.29, 0.717) is 43.7 Å². The van der Waals surface area contributed by atoms with Gasteiger partial charge in [0.1, 0.15) is 28.9 Å². The minimum absolute atomic E-state index is 0.0269. The molecule has 1 aromatic carbocycles. The van der Waals surface area contributed by atoms with E-state index in [4.69, 9.17) is 0 Å². The fraction of sp³-hybridized carbons (Fsp3) is 0.286. The van der Waals surface area contributed by atoms with Crippen molar-refractivity contribution in [1.82, 2.24) is 24.4 Å². The van der Waals surface area contributed by atoms with Crippen molar-refractivity contribution in [2.24, 2.45) is 0 Å². The average Bonchev–Trinajstić information content (AvgIpc) is 3.45. The minimum Gasteiger partial charge on any atom is -0.507 e. The Morgan fingerprint density at radius 2 is 1.92 bits per heavy atom. The Balaban J connectivity index is 1.44. The van der Waals surface area contributed by atoms with E-state index in [1.165, 1.54) is 17.9 Å². The molecule has 200 valence electrons. The van der Waals surface area contributed by atoms with Crippen LogP contribution in [0.4, 0.5) is 4.39 Å². The molecule has 5 rings (SSSR count). The zero-order valence-corrected chi connectivity index (χ0v) is 22.9. The number of fused-ring (bicyclic) bond motifs is 1. The first-order valence-corrected chi connectivity index (χ1v) is 13.1. The van der Waals surface area contributed by atoms with Gasteiger partial charge in [0.25, 0.3) is 0 Å². The number of phenolic OH excluding ortho intramolecular Hbond substituents is 1. The largest absolute Gasteiger partial charge is 0.507 e. The molecule has 9 nitrogen and oxygen atoms in total. The summed E-state index contributed by atoms with van der Waals surface area (Å²) in [7, 11) is 0. The van der Waals surface area contributed by atoms with Crippen molar-refractivity contribution >= 4 is 44.3 Å². The number of halogens is 2. The first-order chi connectivity index (χ1) is 18.6. The van der Waals surface area contributed by atoms with Crippen LogP contribution in [0.25, 0.3) is 22.0 Å². The van der Waals surface area contributed by atoms with Gasteiger partial charge in [-0.1, -0.05) is 6.07 Å². The standard InChI is InChI=1S/C28H25BrFN5O4/c1-15(36)22-13-34(23-9-25(37)20(8-21(22)23)17-10-31-16(2)32-11-17)14-28(39)35-12-18(30)6-24(35)26(38)7-19-4-3-5-27(29)33-19/h3-5,8-11,13,18,24,37H,6-7,12,14H2,1-2H3/t18-,24+/m1/s1. The highest BCUT2D eigenvalue weighted by atomic mass is 79.9. The van der Waals surface area contributed by atoms with Crippen LogP contribution in [0.1, 0.15) is 35.2 Å². The van der Waals surface area contributed by atoms with E-state index < -0.39 is 18.1 Å². The molecule has 0 radical (unpaired) electrons. The third kappa shape index (κ3) is 5.44. The van der Waals surface area contributed by atoms with Crippen molar-refractivity contribution in [1.29, 1.82) is 0 Å². The molecular formula is C28H25BrFN5O4. The fourth-order valence-electron chi connectivity index (χ4n) is 4.95. The van der Waals surface area contributed by atoms with Gasteiger partial charge in [-0.2, -0.15) is 0 Å². The van der Waals surface area contributed by atoms with E-state index in [0.717, 1.165) is 0 Å². The molecule has 39 heavy (non-hydrogen) atoms. The Labute approximate surface area is 231 Å². The van der Waals surface area contributed by atoms with E-state index in [1.807, 2.05) is 0 Å². The summed E-state index contributed by atoms with van der Waals surface area (Å²) in [6.07, 6.45) is 3.28. The van der Waals surface area contributed by atoms with Crippen LogP contribution in [0.2, 0.25) is 0 Å². The van der Waals surface area contributed by atoms with Gasteiger partial charge in [-0.15, -0.1) is 0 Å². The van der Waals surface area contributed by atoms with Gasteiger partial charge < -0.3 is 14.6 Å². The number of aromatic hydroxyl groups is 1. The molecule has 1 amide bonds. The SMILES string of the molecule is CC(=O)c1cn(CC(=O)N2C[C@H](F)C[C@H]2C(=O)Cc2cccc(Br)n2)c2cc(O)c(-c3cnc(C)nc3)cc12. The van der Waals surface area contributed by atoms with Gasteiger partial charge in [-0.3, -0.25) is 14.4 Å². The maximum absolute atomic E-state index is 14.5. The molecule has 1 N–H and O–H groups in total. The number of aryl methyl sites for hydroxylation is 1. The van der Waals surface area contributed by atoms with Gasteiger partial charge in [0.2, 0.25) is 5.91 Å². The predicted octanol–water partition coefficient (Wildman–Crippen LogP) is 4.22. The highest BCUT2D eigenvalue weighted by Crippen LogP contribution is 2.35. The van der Waals surface area contributed by atoms with Crippen molar-refractivity contribution in [2.75, 3.05) is 6.54 Å². The highest BCUT2D eigenvalue weighted by Gasteiger charge is 2.39. The summed E-state index contributed by atoms with van der Waals surface area (Å²) in [6.45, 7) is 2.74. The number of ketones is 2. The third-order valence-electron chi connectivity index (χ3n) is 6.85.